The fourth-order valence-electron chi connectivity index (χ4n) is 4.33. The van der Waals surface area contributed by atoms with E-state index in [1.54, 1.807) is 13.0 Å². The molecule has 2 fully saturated rings. The van der Waals surface area contributed by atoms with Crippen molar-refractivity contribution in [3.63, 3.8) is 0 Å². The van der Waals surface area contributed by atoms with Gasteiger partial charge in [0, 0.05) is 60.3 Å². The van der Waals surface area contributed by atoms with Crippen LogP contribution in [-0.4, -0.2) is 61.6 Å². The number of esters is 1. The second kappa shape index (κ2) is 7.58. The van der Waals surface area contributed by atoms with Crippen LogP contribution >= 0.6 is 23.2 Å². The summed E-state index contributed by atoms with van der Waals surface area (Å²) in [4.78, 5) is 29.6. The summed E-state index contributed by atoms with van der Waals surface area (Å²) in [5.74, 6) is -0.438. The smallest absolute Gasteiger partial charge is 0.335 e. The summed E-state index contributed by atoms with van der Waals surface area (Å²) in [7, 11) is 0. The minimum Gasteiger partial charge on any atom is -0.450 e. The summed E-state index contributed by atoms with van der Waals surface area (Å²) < 4.78 is 5.70. The summed E-state index contributed by atoms with van der Waals surface area (Å²) >= 11 is 12.2. The molecule has 1 aromatic rings. The van der Waals surface area contributed by atoms with E-state index in [-0.39, 0.29) is 11.9 Å². The molecule has 28 heavy (non-hydrogen) atoms. The van der Waals surface area contributed by atoms with Gasteiger partial charge in [-0.1, -0.05) is 23.2 Å². The van der Waals surface area contributed by atoms with Gasteiger partial charge in [0.05, 0.1) is 5.57 Å². The lowest BCUT2D eigenvalue weighted by Gasteiger charge is -2.39. The second-order valence-corrected chi connectivity index (χ2v) is 8.41. The van der Waals surface area contributed by atoms with E-state index in [2.05, 4.69) is 10.2 Å². The van der Waals surface area contributed by atoms with E-state index in [0.29, 0.717) is 60.2 Å². The molecule has 3 heterocycles. The number of nitrogens with zero attached hydrogens (tertiary/aromatic N) is 2. The van der Waals surface area contributed by atoms with Crippen LogP contribution in [0.25, 0.3) is 0 Å². The normalized spacial score (nSPS) is 22.0. The van der Waals surface area contributed by atoms with Crippen LogP contribution < -0.4 is 10.2 Å². The minimum absolute atomic E-state index is 0.0750. The molecule has 0 unspecified atom stereocenters. The van der Waals surface area contributed by atoms with Crippen molar-refractivity contribution in [1.82, 2.24) is 10.2 Å². The van der Waals surface area contributed by atoms with Crippen LogP contribution in [0.1, 0.15) is 19.8 Å². The highest BCUT2D eigenvalue weighted by Gasteiger charge is 2.50. The molecule has 0 atom stereocenters. The van der Waals surface area contributed by atoms with Gasteiger partial charge in [0.25, 0.3) is 5.91 Å². The summed E-state index contributed by atoms with van der Waals surface area (Å²) in [5, 5.41) is 4.46. The van der Waals surface area contributed by atoms with E-state index in [4.69, 9.17) is 27.9 Å². The number of carbonyl (C=O) groups excluding carboxylic acids is 2. The Balaban J connectivity index is 1.49. The summed E-state index contributed by atoms with van der Waals surface area (Å²) in [6, 6.07) is 5.47. The topological polar surface area (TPSA) is 61.9 Å². The first kappa shape index (κ1) is 19.6. The molecular weight excluding hydrogens is 401 g/mol. The van der Waals surface area contributed by atoms with Gasteiger partial charge in [-0.15, -0.1) is 0 Å². The Kier molecular flexibility index (Phi) is 5.29. The van der Waals surface area contributed by atoms with Crippen LogP contribution in [0.4, 0.5) is 5.69 Å². The molecule has 1 aromatic carbocycles. The zero-order valence-electron chi connectivity index (χ0n) is 15.8. The molecule has 2 saturated heterocycles. The first-order valence-corrected chi connectivity index (χ1v) is 10.3. The van der Waals surface area contributed by atoms with Gasteiger partial charge < -0.3 is 19.9 Å². The van der Waals surface area contributed by atoms with Crippen molar-refractivity contribution in [3.05, 3.63) is 39.4 Å². The summed E-state index contributed by atoms with van der Waals surface area (Å²) in [5.41, 5.74) is 1.20. The summed E-state index contributed by atoms with van der Waals surface area (Å²) in [6.45, 7) is 5.68. The maximum absolute atomic E-state index is 13.3. The van der Waals surface area contributed by atoms with Crippen molar-refractivity contribution in [2.24, 2.45) is 0 Å². The van der Waals surface area contributed by atoms with E-state index in [1.807, 2.05) is 17.0 Å². The molecular formula is C20H23Cl2N3O3. The highest BCUT2D eigenvalue weighted by atomic mass is 35.5. The largest absolute Gasteiger partial charge is 0.450 e. The average molecular weight is 424 g/mol. The molecule has 1 N–H and O–H groups in total. The molecule has 3 aliphatic rings. The van der Waals surface area contributed by atoms with Gasteiger partial charge in [-0.2, -0.15) is 0 Å². The molecule has 0 aliphatic carbocycles. The first-order chi connectivity index (χ1) is 13.4. The molecule has 150 valence electrons. The minimum atomic E-state index is -0.763. The number of anilines is 1. The Labute approximate surface area is 174 Å². The fourth-order valence-corrected chi connectivity index (χ4v) is 4.85. The highest BCUT2D eigenvalue weighted by Crippen LogP contribution is 2.40. The van der Waals surface area contributed by atoms with Gasteiger partial charge in [0.1, 0.15) is 5.60 Å². The number of hydrogen-bond donors (Lipinski definition) is 1. The third-order valence-corrected chi connectivity index (χ3v) is 6.27. The Bertz CT molecular complexity index is 821. The van der Waals surface area contributed by atoms with Crippen molar-refractivity contribution in [3.8, 4) is 0 Å². The number of benzene rings is 1. The van der Waals surface area contributed by atoms with Crippen molar-refractivity contribution in [1.29, 1.82) is 0 Å². The van der Waals surface area contributed by atoms with E-state index in [9.17, 15) is 9.59 Å². The molecule has 0 saturated carbocycles. The first-order valence-electron chi connectivity index (χ1n) is 9.55. The van der Waals surface area contributed by atoms with E-state index in [0.717, 1.165) is 18.8 Å². The van der Waals surface area contributed by atoms with Crippen LogP contribution in [0.15, 0.2) is 29.3 Å². The monoisotopic (exact) mass is 423 g/mol. The number of piperazine rings is 1. The number of piperidine rings is 1. The molecule has 1 amide bonds. The zero-order chi connectivity index (χ0) is 19.9. The maximum atomic E-state index is 13.3. The van der Waals surface area contributed by atoms with Gasteiger partial charge in [0.2, 0.25) is 0 Å². The van der Waals surface area contributed by atoms with Crippen LogP contribution in [-0.2, 0) is 14.3 Å². The Morgan fingerprint density at radius 3 is 2.29 bits per heavy atom. The van der Waals surface area contributed by atoms with Crippen molar-refractivity contribution >= 4 is 40.8 Å². The zero-order valence-corrected chi connectivity index (χ0v) is 17.3. The summed E-state index contributed by atoms with van der Waals surface area (Å²) in [6.07, 6.45) is 1.27. The average Bonchev–Trinajstić information content (AvgIpc) is 2.90. The van der Waals surface area contributed by atoms with Gasteiger partial charge in [-0.3, -0.25) is 4.79 Å². The number of rotatable bonds is 2. The van der Waals surface area contributed by atoms with Gasteiger partial charge in [0.15, 0.2) is 0 Å². The number of nitrogens with one attached hydrogen (secondary N) is 1. The van der Waals surface area contributed by atoms with Crippen molar-refractivity contribution in [2.75, 3.05) is 44.2 Å². The van der Waals surface area contributed by atoms with Gasteiger partial charge in [-0.25, -0.2) is 4.79 Å². The highest BCUT2D eigenvalue weighted by molar-refractivity contribution is 6.35. The number of amides is 1. The number of ether oxygens (including phenoxy) is 1. The van der Waals surface area contributed by atoms with Crippen LogP contribution in [0.2, 0.25) is 10.0 Å². The molecule has 0 radical (unpaired) electrons. The lowest BCUT2D eigenvalue weighted by atomic mass is 9.83. The van der Waals surface area contributed by atoms with Gasteiger partial charge in [-0.05, 0) is 38.2 Å². The third kappa shape index (κ3) is 3.49. The van der Waals surface area contributed by atoms with Crippen molar-refractivity contribution in [2.45, 2.75) is 25.4 Å². The Morgan fingerprint density at radius 1 is 1.07 bits per heavy atom. The maximum Gasteiger partial charge on any atom is 0.335 e. The third-order valence-electron chi connectivity index (χ3n) is 5.83. The fraction of sp³-hybridized carbons (Fsp3) is 0.500. The van der Waals surface area contributed by atoms with Crippen LogP contribution in [0.3, 0.4) is 0 Å². The Morgan fingerprint density at radius 2 is 1.68 bits per heavy atom. The molecule has 0 aromatic heterocycles. The molecule has 4 rings (SSSR count). The van der Waals surface area contributed by atoms with Gasteiger partial charge >= 0.3 is 5.97 Å². The quantitative estimate of drug-likeness (QED) is 0.740. The standard InChI is InChI=1S/C20H23Cl2N3O3/c1-13-17(20(28-19(13)27)2-4-23-5-3-20)18(26)25-8-6-24(7-9-25)16-11-14(21)10-15(22)12-16/h10-12,23H,2-9H2,1H3. The second-order valence-electron chi connectivity index (χ2n) is 7.54. The number of hydrogen-bond acceptors (Lipinski definition) is 5. The molecule has 6 nitrogen and oxygen atoms in total. The number of halogens is 2. The predicted molar refractivity (Wildman–Crippen MR) is 109 cm³/mol. The van der Waals surface area contributed by atoms with Crippen LogP contribution in [0.5, 0.6) is 0 Å². The van der Waals surface area contributed by atoms with Crippen molar-refractivity contribution < 1.29 is 14.3 Å². The number of carbonyl (C=O) groups is 2. The van der Waals surface area contributed by atoms with E-state index in [1.165, 1.54) is 0 Å². The molecule has 3 aliphatic heterocycles. The van der Waals surface area contributed by atoms with E-state index < -0.39 is 5.60 Å². The molecule has 0 bridgehead atoms. The van der Waals surface area contributed by atoms with Crippen LogP contribution in [0, 0.1) is 0 Å². The Hall–Kier alpha value is -1.76. The van der Waals surface area contributed by atoms with E-state index >= 15 is 0 Å². The predicted octanol–water partition coefficient (Wildman–Crippen LogP) is 2.64. The lowest BCUT2D eigenvalue weighted by molar-refractivity contribution is -0.149. The molecule has 1 spiro atoms. The molecule has 8 heteroatoms. The SMILES string of the molecule is CC1=C(C(=O)N2CCN(c3cc(Cl)cc(Cl)c3)CC2)C2(CCNCC2)OC1=O. The lowest BCUT2D eigenvalue weighted by Crippen LogP contribution is -2.53.